The predicted octanol–water partition coefficient (Wildman–Crippen LogP) is 1.39. The molecule has 0 aliphatic rings. The molecule has 9 heteroatoms. The number of rotatable bonds is 6. The maximum atomic E-state index is 12.4. The van der Waals surface area contributed by atoms with Gasteiger partial charge in [-0.05, 0) is 12.5 Å². The van der Waals surface area contributed by atoms with E-state index >= 15 is 0 Å². The zero-order valence-corrected chi connectivity index (χ0v) is 14.7. The van der Waals surface area contributed by atoms with Crippen molar-refractivity contribution in [3.05, 3.63) is 53.3 Å². The van der Waals surface area contributed by atoms with Crippen molar-refractivity contribution >= 4 is 21.9 Å². The highest BCUT2D eigenvalue weighted by atomic mass is 32.2. The zero-order chi connectivity index (χ0) is 18.8. The molecule has 0 aliphatic carbocycles. The second-order valence-corrected chi connectivity index (χ2v) is 7.56. The Labute approximate surface area is 145 Å². The lowest BCUT2D eigenvalue weighted by Crippen LogP contribution is -2.33. The van der Waals surface area contributed by atoms with Crippen LogP contribution in [0, 0.1) is 6.92 Å². The Balaban J connectivity index is 2.32. The number of nitrogens with one attached hydrogen (secondary N) is 1. The van der Waals surface area contributed by atoms with Gasteiger partial charge in [-0.1, -0.05) is 30.3 Å². The van der Waals surface area contributed by atoms with Crippen molar-refractivity contribution in [1.29, 1.82) is 0 Å². The highest BCUT2D eigenvalue weighted by Crippen LogP contribution is 2.22. The van der Waals surface area contributed by atoms with Gasteiger partial charge in [-0.3, -0.25) is 4.79 Å². The molecule has 0 bridgehead atoms. The van der Waals surface area contributed by atoms with Crippen LogP contribution in [0.4, 0.5) is 0 Å². The number of hydrogen-bond acceptors (Lipinski definition) is 5. The lowest BCUT2D eigenvalue weighted by atomic mass is 10.1. The molecule has 0 saturated heterocycles. The van der Waals surface area contributed by atoms with Crippen molar-refractivity contribution in [2.45, 2.75) is 18.1 Å². The fourth-order valence-corrected chi connectivity index (χ4v) is 2.99. The van der Waals surface area contributed by atoms with Crippen LogP contribution in [0.1, 0.15) is 27.7 Å². The summed E-state index contributed by atoms with van der Waals surface area (Å²) < 4.78 is 30.3. The predicted molar refractivity (Wildman–Crippen MR) is 88.6 cm³/mol. The Morgan fingerprint density at radius 2 is 1.80 bits per heavy atom. The van der Waals surface area contributed by atoms with E-state index in [0.29, 0.717) is 5.56 Å². The monoisotopic (exact) mass is 366 g/mol. The van der Waals surface area contributed by atoms with Gasteiger partial charge in [0, 0.05) is 20.2 Å². The van der Waals surface area contributed by atoms with Crippen LogP contribution in [-0.4, -0.2) is 43.8 Å². The first-order valence-corrected chi connectivity index (χ1v) is 8.70. The number of carbonyl (C=O) groups excluding carboxylic acids is 1. The van der Waals surface area contributed by atoms with Crippen LogP contribution >= 0.6 is 0 Å². The number of aryl methyl sites for hydroxylation is 1. The van der Waals surface area contributed by atoms with Gasteiger partial charge < -0.3 is 14.8 Å². The molecule has 0 aliphatic heterocycles. The summed E-state index contributed by atoms with van der Waals surface area (Å²) in [7, 11) is -1.17. The quantitative estimate of drug-likeness (QED) is 0.798. The topological polar surface area (TPSA) is 117 Å². The summed E-state index contributed by atoms with van der Waals surface area (Å²) in [6.45, 7) is 1.43. The minimum Gasteiger partial charge on any atom is -0.479 e. The molecule has 2 rings (SSSR count). The molecule has 1 heterocycles. The van der Waals surface area contributed by atoms with E-state index in [2.05, 4.69) is 5.32 Å². The molecule has 1 atom stereocenters. The third-order valence-electron chi connectivity index (χ3n) is 3.53. The Kier molecular flexibility index (Phi) is 5.29. The third kappa shape index (κ3) is 3.89. The fraction of sp³-hybridized carbons (Fsp3) is 0.250. The van der Waals surface area contributed by atoms with Crippen molar-refractivity contribution in [3.63, 3.8) is 0 Å². The normalized spacial score (nSPS) is 12.8. The first-order valence-electron chi connectivity index (χ1n) is 7.26. The van der Waals surface area contributed by atoms with Gasteiger partial charge in [0.15, 0.2) is 6.04 Å². The molecule has 0 fully saturated rings. The van der Waals surface area contributed by atoms with Crippen molar-refractivity contribution in [2.75, 3.05) is 14.1 Å². The van der Waals surface area contributed by atoms with Crippen LogP contribution in [-0.2, 0) is 14.8 Å². The van der Waals surface area contributed by atoms with Crippen LogP contribution in [0.5, 0.6) is 0 Å². The van der Waals surface area contributed by atoms with Crippen molar-refractivity contribution in [1.82, 2.24) is 9.62 Å². The Bertz CT molecular complexity index is 887. The molecule has 1 aromatic heterocycles. The molecular formula is C16H18N2O6S. The average Bonchev–Trinajstić information content (AvgIpc) is 2.95. The van der Waals surface area contributed by atoms with Crippen LogP contribution < -0.4 is 5.32 Å². The maximum Gasteiger partial charge on any atom is 0.330 e. The zero-order valence-electron chi connectivity index (χ0n) is 13.9. The summed E-state index contributed by atoms with van der Waals surface area (Å²) in [4.78, 5) is 23.9. The molecule has 1 unspecified atom stereocenters. The SMILES string of the molecule is Cc1oc(S(=O)(=O)N(C)C)cc1C(=O)NC(C(=O)O)c1ccccc1. The fourth-order valence-electron chi connectivity index (χ4n) is 2.13. The second kappa shape index (κ2) is 7.08. The number of furan rings is 1. The van der Waals surface area contributed by atoms with E-state index in [9.17, 15) is 23.1 Å². The maximum absolute atomic E-state index is 12.4. The second-order valence-electron chi connectivity index (χ2n) is 5.48. The molecule has 25 heavy (non-hydrogen) atoms. The molecule has 2 aromatic rings. The molecule has 134 valence electrons. The Hall–Kier alpha value is -2.65. The lowest BCUT2D eigenvalue weighted by Gasteiger charge is -2.14. The molecule has 2 N–H and O–H groups in total. The van der Waals surface area contributed by atoms with Crippen LogP contribution in [0.2, 0.25) is 0 Å². The van der Waals surface area contributed by atoms with E-state index in [1.54, 1.807) is 30.3 Å². The standard InChI is InChI=1S/C16H18N2O6S/c1-10-12(9-13(24-10)25(22,23)18(2)3)15(19)17-14(16(20)21)11-7-5-4-6-8-11/h4-9,14H,1-3H3,(H,17,19)(H,20,21). The number of nitrogens with zero attached hydrogens (tertiary/aromatic N) is 1. The van der Waals surface area contributed by atoms with Gasteiger partial charge in [-0.2, -0.15) is 0 Å². The van der Waals surface area contributed by atoms with Crippen molar-refractivity contribution in [3.8, 4) is 0 Å². The molecule has 8 nitrogen and oxygen atoms in total. The third-order valence-corrected chi connectivity index (χ3v) is 5.20. The summed E-state index contributed by atoms with van der Waals surface area (Å²) >= 11 is 0. The average molecular weight is 366 g/mol. The van der Waals surface area contributed by atoms with Crippen LogP contribution in [0.15, 0.2) is 45.9 Å². The van der Waals surface area contributed by atoms with E-state index in [4.69, 9.17) is 4.42 Å². The first-order chi connectivity index (χ1) is 11.6. The van der Waals surface area contributed by atoms with Gasteiger partial charge in [-0.15, -0.1) is 0 Å². The number of hydrogen-bond donors (Lipinski definition) is 2. The van der Waals surface area contributed by atoms with E-state index in [1.165, 1.54) is 21.0 Å². The first kappa shape index (κ1) is 18.7. The molecule has 1 amide bonds. The van der Waals surface area contributed by atoms with E-state index in [0.717, 1.165) is 10.4 Å². The largest absolute Gasteiger partial charge is 0.479 e. The van der Waals surface area contributed by atoms with E-state index in [-0.39, 0.29) is 16.4 Å². The van der Waals surface area contributed by atoms with E-state index < -0.39 is 27.9 Å². The number of aliphatic carboxylic acids is 1. The number of carboxylic acid groups (broad SMARTS) is 1. The Morgan fingerprint density at radius 3 is 2.32 bits per heavy atom. The molecular weight excluding hydrogens is 348 g/mol. The summed E-state index contributed by atoms with van der Waals surface area (Å²) in [6.07, 6.45) is 0. The number of benzene rings is 1. The summed E-state index contributed by atoms with van der Waals surface area (Å²) in [5.74, 6) is -1.89. The van der Waals surface area contributed by atoms with Gasteiger partial charge in [0.1, 0.15) is 5.76 Å². The number of carboxylic acids is 1. The lowest BCUT2D eigenvalue weighted by molar-refractivity contribution is -0.139. The summed E-state index contributed by atoms with van der Waals surface area (Å²) in [5.41, 5.74) is 0.355. The van der Waals surface area contributed by atoms with Gasteiger partial charge in [-0.25, -0.2) is 17.5 Å². The molecule has 0 saturated carbocycles. The summed E-state index contributed by atoms with van der Waals surface area (Å²) in [5, 5.41) is 11.4. The molecule has 1 aromatic carbocycles. The molecule has 0 radical (unpaired) electrons. The smallest absolute Gasteiger partial charge is 0.330 e. The highest BCUT2D eigenvalue weighted by molar-refractivity contribution is 7.88. The molecule has 0 spiro atoms. The summed E-state index contributed by atoms with van der Waals surface area (Å²) in [6, 6.07) is 8.00. The van der Waals surface area contributed by atoms with Crippen molar-refractivity contribution in [2.24, 2.45) is 0 Å². The number of amides is 1. The van der Waals surface area contributed by atoms with Gasteiger partial charge in [0.25, 0.3) is 15.9 Å². The van der Waals surface area contributed by atoms with Crippen LogP contribution in [0.25, 0.3) is 0 Å². The van der Waals surface area contributed by atoms with E-state index in [1.807, 2.05) is 0 Å². The minimum absolute atomic E-state index is 0.0393. The van der Waals surface area contributed by atoms with Gasteiger partial charge in [0.05, 0.1) is 5.56 Å². The van der Waals surface area contributed by atoms with Crippen molar-refractivity contribution < 1.29 is 27.5 Å². The van der Waals surface area contributed by atoms with Gasteiger partial charge in [0.2, 0.25) is 5.09 Å². The number of sulfonamides is 1. The number of carbonyl (C=O) groups is 2. The van der Waals surface area contributed by atoms with Gasteiger partial charge >= 0.3 is 5.97 Å². The van der Waals surface area contributed by atoms with Crippen LogP contribution in [0.3, 0.4) is 0 Å². The Morgan fingerprint density at radius 1 is 1.20 bits per heavy atom. The minimum atomic E-state index is -3.84. The highest BCUT2D eigenvalue weighted by Gasteiger charge is 2.28.